The predicted octanol–water partition coefficient (Wildman–Crippen LogP) is 2.79. The van der Waals surface area contributed by atoms with Gasteiger partial charge in [-0.2, -0.15) is 0 Å². The molecule has 1 aromatic rings. The molecule has 2 nitrogen and oxygen atoms in total. The van der Waals surface area contributed by atoms with Crippen molar-refractivity contribution >= 4 is 11.8 Å². The molecule has 1 aliphatic carbocycles. The maximum Gasteiger partial charge on any atom is 0.100 e. The zero-order chi connectivity index (χ0) is 9.97. The van der Waals surface area contributed by atoms with E-state index in [1.807, 2.05) is 12.4 Å². The lowest BCUT2D eigenvalue weighted by atomic mass is 10.2. The third-order valence-corrected chi connectivity index (χ3v) is 3.43. The summed E-state index contributed by atoms with van der Waals surface area (Å²) >= 11 is 1.75. The molecule has 0 saturated carbocycles. The lowest BCUT2D eigenvalue weighted by Gasteiger charge is -2.17. The average molecular weight is 209 g/mol. The summed E-state index contributed by atoms with van der Waals surface area (Å²) in [5, 5.41) is 0. The summed E-state index contributed by atoms with van der Waals surface area (Å²) in [6, 6.07) is 2.08. The van der Waals surface area contributed by atoms with Crippen molar-refractivity contribution in [2.24, 2.45) is 0 Å². The van der Waals surface area contributed by atoms with E-state index in [2.05, 4.69) is 24.2 Å². The molecule has 0 aromatic carbocycles. The van der Waals surface area contributed by atoms with E-state index in [0.29, 0.717) is 0 Å². The van der Waals surface area contributed by atoms with Crippen LogP contribution in [0.15, 0.2) is 18.5 Å². The van der Waals surface area contributed by atoms with Gasteiger partial charge in [0.05, 0.1) is 6.10 Å². The standard InChI is InChI=1S/C11H15NOS/c1-8(14-2)13-11-4-3-9-7-12-6-5-10(9)11/h5-8,11H,3-4H2,1-2H3. The van der Waals surface area contributed by atoms with Gasteiger partial charge in [0.2, 0.25) is 0 Å². The molecular formula is C11H15NOS. The summed E-state index contributed by atoms with van der Waals surface area (Å²) in [6.07, 6.45) is 8.39. The molecule has 1 heterocycles. The first kappa shape index (κ1) is 9.99. The highest BCUT2D eigenvalue weighted by Crippen LogP contribution is 2.35. The third kappa shape index (κ3) is 1.93. The largest absolute Gasteiger partial charge is 0.360 e. The summed E-state index contributed by atoms with van der Waals surface area (Å²) in [5.41, 5.74) is 2.96. The first-order chi connectivity index (χ1) is 6.81. The predicted molar refractivity (Wildman–Crippen MR) is 59.4 cm³/mol. The van der Waals surface area contributed by atoms with E-state index in [0.717, 1.165) is 12.8 Å². The second-order valence-corrected chi connectivity index (χ2v) is 4.68. The van der Waals surface area contributed by atoms with Crippen molar-refractivity contribution < 1.29 is 4.74 Å². The van der Waals surface area contributed by atoms with Crippen LogP contribution in [0.4, 0.5) is 0 Å². The van der Waals surface area contributed by atoms with Crippen LogP contribution in [0.3, 0.4) is 0 Å². The van der Waals surface area contributed by atoms with Gasteiger partial charge in [-0.3, -0.25) is 4.98 Å². The lowest BCUT2D eigenvalue weighted by molar-refractivity contribution is 0.0446. The highest BCUT2D eigenvalue weighted by atomic mass is 32.2. The van der Waals surface area contributed by atoms with E-state index >= 15 is 0 Å². The second-order valence-electron chi connectivity index (χ2n) is 3.54. The Morgan fingerprint density at radius 3 is 3.29 bits per heavy atom. The van der Waals surface area contributed by atoms with Crippen LogP contribution in [0.25, 0.3) is 0 Å². The number of fused-ring (bicyclic) bond motifs is 1. The van der Waals surface area contributed by atoms with Crippen molar-refractivity contribution in [3.05, 3.63) is 29.6 Å². The molecule has 0 N–H and O–H groups in total. The lowest BCUT2D eigenvalue weighted by Crippen LogP contribution is -2.07. The first-order valence-corrected chi connectivity index (χ1v) is 6.21. The van der Waals surface area contributed by atoms with Crippen molar-refractivity contribution in [3.8, 4) is 0 Å². The van der Waals surface area contributed by atoms with Gasteiger partial charge < -0.3 is 4.74 Å². The molecule has 0 saturated heterocycles. The Morgan fingerprint density at radius 1 is 1.64 bits per heavy atom. The van der Waals surface area contributed by atoms with Crippen LogP contribution in [0.2, 0.25) is 0 Å². The van der Waals surface area contributed by atoms with Crippen molar-refractivity contribution in [1.29, 1.82) is 0 Å². The quantitative estimate of drug-likeness (QED) is 0.715. The van der Waals surface area contributed by atoms with Gasteiger partial charge in [-0.05, 0) is 43.2 Å². The fourth-order valence-electron chi connectivity index (χ4n) is 1.83. The van der Waals surface area contributed by atoms with Crippen LogP contribution in [0.1, 0.15) is 30.6 Å². The van der Waals surface area contributed by atoms with E-state index in [1.54, 1.807) is 11.8 Å². The van der Waals surface area contributed by atoms with Gasteiger partial charge in [0.15, 0.2) is 0 Å². The second kappa shape index (κ2) is 4.32. The topological polar surface area (TPSA) is 22.1 Å². The van der Waals surface area contributed by atoms with Crippen LogP contribution in [0, 0.1) is 0 Å². The molecule has 0 aliphatic heterocycles. The smallest absolute Gasteiger partial charge is 0.100 e. The van der Waals surface area contributed by atoms with Crippen molar-refractivity contribution in [2.75, 3.05) is 6.26 Å². The normalized spacial score (nSPS) is 22.0. The van der Waals surface area contributed by atoms with Crippen LogP contribution >= 0.6 is 11.8 Å². The highest BCUT2D eigenvalue weighted by molar-refractivity contribution is 7.99. The van der Waals surface area contributed by atoms with E-state index < -0.39 is 0 Å². The molecule has 0 fully saturated rings. The van der Waals surface area contributed by atoms with Gasteiger partial charge in [0.25, 0.3) is 0 Å². The molecule has 0 radical (unpaired) electrons. The molecule has 3 heteroatoms. The van der Waals surface area contributed by atoms with Gasteiger partial charge in [-0.15, -0.1) is 11.8 Å². The maximum atomic E-state index is 5.92. The highest BCUT2D eigenvalue weighted by Gasteiger charge is 2.24. The fourth-order valence-corrected chi connectivity index (χ4v) is 2.08. The Hall–Kier alpha value is -0.540. The molecule has 2 atom stereocenters. The molecular weight excluding hydrogens is 194 g/mol. The molecule has 2 unspecified atom stereocenters. The number of hydrogen-bond donors (Lipinski definition) is 0. The summed E-state index contributed by atoms with van der Waals surface area (Å²) in [7, 11) is 0. The summed E-state index contributed by atoms with van der Waals surface area (Å²) < 4.78 is 5.92. The van der Waals surface area contributed by atoms with Crippen LogP contribution in [-0.2, 0) is 11.2 Å². The molecule has 0 amide bonds. The minimum absolute atomic E-state index is 0.277. The number of pyridine rings is 1. The number of nitrogens with zero attached hydrogens (tertiary/aromatic N) is 1. The maximum absolute atomic E-state index is 5.92. The Labute approximate surface area is 89.1 Å². The molecule has 2 rings (SSSR count). The fraction of sp³-hybridized carbons (Fsp3) is 0.545. The number of aromatic nitrogens is 1. The van der Waals surface area contributed by atoms with E-state index in [4.69, 9.17) is 4.74 Å². The van der Waals surface area contributed by atoms with E-state index in [9.17, 15) is 0 Å². The van der Waals surface area contributed by atoms with Crippen LogP contribution in [0.5, 0.6) is 0 Å². The Balaban J connectivity index is 2.10. The number of aryl methyl sites for hydroxylation is 1. The summed E-state index contributed by atoms with van der Waals surface area (Å²) in [5.74, 6) is 0. The zero-order valence-corrected chi connectivity index (χ0v) is 9.38. The molecule has 0 bridgehead atoms. The van der Waals surface area contributed by atoms with Gasteiger partial charge in [0.1, 0.15) is 5.44 Å². The number of thioether (sulfide) groups is 1. The molecule has 14 heavy (non-hydrogen) atoms. The minimum Gasteiger partial charge on any atom is -0.360 e. The summed E-state index contributed by atoms with van der Waals surface area (Å²) in [6.45, 7) is 2.10. The van der Waals surface area contributed by atoms with Gasteiger partial charge in [-0.1, -0.05) is 0 Å². The molecule has 1 aliphatic rings. The van der Waals surface area contributed by atoms with Crippen LogP contribution < -0.4 is 0 Å². The van der Waals surface area contributed by atoms with E-state index in [-0.39, 0.29) is 11.5 Å². The summed E-state index contributed by atoms with van der Waals surface area (Å²) in [4.78, 5) is 4.13. The van der Waals surface area contributed by atoms with Crippen molar-refractivity contribution in [1.82, 2.24) is 4.98 Å². The van der Waals surface area contributed by atoms with Crippen LogP contribution in [-0.4, -0.2) is 16.7 Å². The average Bonchev–Trinajstić information content (AvgIpc) is 2.62. The number of rotatable bonds is 3. The van der Waals surface area contributed by atoms with Gasteiger partial charge in [-0.25, -0.2) is 0 Å². The van der Waals surface area contributed by atoms with Crippen molar-refractivity contribution in [3.63, 3.8) is 0 Å². The molecule has 76 valence electrons. The molecule has 1 aromatic heterocycles. The minimum atomic E-state index is 0.277. The SMILES string of the molecule is CSC(C)OC1CCc2cnccc21. The van der Waals surface area contributed by atoms with Gasteiger partial charge in [0, 0.05) is 12.4 Å². The Morgan fingerprint density at radius 2 is 2.50 bits per heavy atom. The van der Waals surface area contributed by atoms with E-state index in [1.165, 1.54) is 11.1 Å². The molecule has 0 spiro atoms. The Kier molecular flexibility index (Phi) is 3.08. The number of ether oxygens (including phenoxy) is 1. The first-order valence-electron chi connectivity index (χ1n) is 4.92. The van der Waals surface area contributed by atoms with Crippen molar-refractivity contribution in [2.45, 2.75) is 31.3 Å². The monoisotopic (exact) mass is 209 g/mol. The zero-order valence-electron chi connectivity index (χ0n) is 8.56. The number of hydrogen-bond acceptors (Lipinski definition) is 3. The third-order valence-electron chi connectivity index (χ3n) is 2.65. The Bertz CT molecular complexity index is 316. The van der Waals surface area contributed by atoms with Gasteiger partial charge >= 0.3 is 0 Å².